The minimum absolute atomic E-state index is 0.206. The van der Waals surface area contributed by atoms with Crippen LogP contribution in [0.5, 0.6) is 5.75 Å². The van der Waals surface area contributed by atoms with Crippen molar-refractivity contribution in [3.63, 3.8) is 0 Å². The molecule has 3 nitrogen and oxygen atoms in total. The van der Waals surface area contributed by atoms with Gasteiger partial charge in [-0.25, -0.2) is 0 Å². The molecule has 0 aromatic heterocycles. The van der Waals surface area contributed by atoms with Crippen LogP contribution in [0, 0.1) is 6.92 Å². The second-order valence-corrected chi connectivity index (χ2v) is 4.91. The zero-order chi connectivity index (χ0) is 16.8. The molecule has 0 heterocycles. The lowest BCUT2D eigenvalue weighted by atomic mass is 10.0. The maximum Gasteiger partial charge on any atom is 0.305 e. The van der Waals surface area contributed by atoms with E-state index in [-0.39, 0.29) is 5.97 Å². The van der Waals surface area contributed by atoms with E-state index in [1.165, 1.54) is 26.4 Å². The highest BCUT2D eigenvalue weighted by Crippen LogP contribution is 2.22. The summed E-state index contributed by atoms with van der Waals surface area (Å²) in [5, 5.41) is 9.70. The predicted octanol–water partition coefficient (Wildman–Crippen LogP) is 4.95. The highest BCUT2D eigenvalue weighted by atomic mass is 16.5. The van der Waals surface area contributed by atoms with Crippen molar-refractivity contribution in [3.05, 3.63) is 41.5 Å². The summed E-state index contributed by atoms with van der Waals surface area (Å²) in [6.07, 6.45) is 10.3. The van der Waals surface area contributed by atoms with E-state index in [0.717, 1.165) is 11.1 Å². The number of para-hydroxylation sites is 1. The molecule has 124 valence electrons. The van der Waals surface area contributed by atoms with Crippen LogP contribution in [-0.2, 0) is 16.0 Å². The molecule has 0 spiro atoms. The van der Waals surface area contributed by atoms with Gasteiger partial charge in [0.25, 0.3) is 0 Å². The van der Waals surface area contributed by atoms with Gasteiger partial charge in [0, 0.05) is 6.42 Å². The molecule has 1 aromatic carbocycles. The number of hydrogen-bond donors (Lipinski definition) is 1. The van der Waals surface area contributed by atoms with Crippen LogP contribution < -0.4 is 0 Å². The van der Waals surface area contributed by atoms with Crippen LogP contribution in [0.1, 0.15) is 57.1 Å². The number of carbonyl (C=O) groups excluding carboxylic acids is 1. The van der Waals surface area contributed by atoms with Crippen LogP contribution in [0.4, 0.5) is 0 Å². The molecule has 1 aliphatic rings. The maximum absolute atomic E-state index is 10.9. The van der Waals surface area contributed by atoms with E-state index in [9.17, 15) is 9.90 Å². The Kier molecular flexibility index (Phi) is 11.9. The molecule has 1 aliphatic carbocycles. The Morgan fingerprint density at radius 1 is 1.23 bits per heavy atom. The molecule has 0 unspecified atom stereocenters. The third-order valence-corrected chi connectivity index (χ3v) is 3.28. The summed E-state index contributed by atoms with van der Waals surface area (Å²) >= 11 is 0. The van der Waals surface area contributed by atoms with E-state index in [1.54, 1.807) is 0 Å². The molecule has 1 N–H and O–H groups in total. The second-order valence-electron chi connectivity index (χ2n) is 4.91. The minimum Gasteiger partial charge on any atom is -0.507 e. The average molecular weight is 306 g/mol. The Labute approximate surface area is 135 Å². The monoisotopic (exact) mass is 306 g/mol. The topological polar surface area (TPSA) is 46.5 Å². The number of benzene rings is 1. The summed E-state index contributed by atoms with van der Waals surface area (Å²) < 4.78 is 4.54. The molecule has 0 fully saturated rings. The normalized spacial score (nSPS) is 11.8. The second kappa shape index (κ2) is 12.9. The van der Waals surface area contributed by atoms with Crippen molar-refractivity contribution < 1.29 is 14.6 Å². The minimum atomic E-state index is -0.206. The summed E-state index contributed by atoms with van der Waals surface area (Å²) in [6, 6.07) is 5.64. The van der Waals surface area contributed by atoms with Gasteiger partial charge in [-0.3, -0.25) is 4.79 Å². The van der Waals surface area contributed by atoms with Gasteiger partial charge in [-0.1, -0.05) is 44.2 Å². The summed E-state index contributed by atoms with van der Waals surface area (Å²) in [6.45, 7) is 5.86. The van der Waals surface area contributed by atoms with Crippen LogP contribution in [0.3, 0.4) is 0 Å². The van der Waals surface area contributed by atoms with Crippen molar-refractivity contribution in [2.75, 3.05) is 7.11 Å². The molecular weight excluding hydrogens is 276 g/mol. The van der Waals surface area contributed by atoms with E-state index in [0.29, 0.717) is 25.0 Å². The Morgan fingerprint density at radius 3 is 2.36 bits per heavy atom. The quantitative estimate of drug-likeness (QED) is 0.632. The predicted molar refractivity (Wildman–Crippen MR) is 92.1 cm³/mol. The van der Waals surface area contributed by atoms with E-state index in [1.807, 2.05) is 39.0 Å². The average Bonchev–Trinajstić information content (AvgIpc) is 3.13. The number of rotatable bonds is 4. The number of phenolic OH excluding ortho intramolecular Hbond substituents is 1. The smallest absolute Gasteiger partial charge is 0.305 e. The van der Waals surface area contributed by atoms with E-state index in [4.69, 9.17) is 0 Å². The summed E-state index contributed by atoms with van der Waals surface area (Å²) in [5.41, 5.74) is 1.75. The van der Waals surface area contributed by atoms with E-state index >= 15 is 0 Å². The molecule has 22 heavy (non-hydrogen) atoms. The van der Waals surface area contributed by atoms with Gasteiger partial charge in [0.2, 0.25) is 0 Å². The zero-order valence-electron chi connectivity index (χ0n) is 14.4. The molecule has 0 radical (unpaired) electrons. The number of carbonyl (C=O) groups is 1. The van der Waals surface area contributed by atoms with Gasteiger partial charge in [0.1, 0.15) is 5.75 Å². The lowest BCUT2D eigenvalue weighted by molar-refractivity contribution is -0.140. The van der Waals surface area contributed by atoms with Crippen LogP contribution in [0.25, 0.3) is 0 Å². The number of methoxy groups -OCH3 is 1. The number of ether oxygens (including phenoxy) is 1. The van der Waals surface area contributed by atoms with Gasteiger partial charge >= 0.3 is 5.97 Å². The first-order valence-corrected chi connectivity index (χ1v) is 8.14. The lowest BCUT2D eigenvalue weighted by Gasteiger charge is -2.06. The van der Waals surface area contributed by atoms with Crippen LogP contribution in [0.15, 0.2) is 30.4 Å². The first-order chi connectivity index (χ1) is 10.6. The van der Waals surface area contributed by atoms with Crippen molar-refractivity contribution in [2.45, 2.75) is 59.3 Å². The number of aryl methyl sites for hydroxylation is 2. The molecule has 0 amide bonds. The fourth-order valence-electron chi connectivity index (χ4n) is 2.04. The van der Waals surface area contributed by atoms with Crippen molar-refractivity contribution in [1.82, 2.24) is 0 Å². The third-order valence-electron chi connectivity index (χ3n) is 3.28. The number of esters is 1. The Bertz CT molecular complexity index is 444. The number of allylic oxidation sites excluding steroid dienone is 2. The Morgan fingerprint density at radius 2 is 1.86 bits per heavy atom. The van der Waals surface area contributed by atoms with E-state index < -0.39 is 0 Å². The van der Waals surface area contributed by atoms with Crippen molar-refractivity contribution in [1.29, 1.82) is 0 Å². The lowest BCUT2D eigenvalue weighted by Crippen LogP contribution is -2.00. The van der Waals surface area contributed by atoms with Gasteiger partial charge in [0.15, 0.2) is 0 Å². The molecule has 0 aliphatic heterocycles. The molecule has 0 atom stereocenters. The molecule has 0 bridgehead atoms. The van der Waals surface area contributed by atoms with Crippen molar-refractivity contribution in [3.8, 4) is 5.75 Å². The number of phenols is 1. The first-order valence-electron chi connectivity index (χ1n) is 8.14. The Hall–Kier alpha value is -1.77. The highest BCUT2D eigenvalue weighted by molar-refractivity contribution is 5.69. The molecule has 0 saturated carbocycles. The van der Waals surface area contributed by atoms with Crippen LogP contribution in [-0.4, -0.2) is 18.2 Å². The summed E-state index contributed by atoms with van der Waals surface area (Å²) in [7, 11) is 1.38. The number of aromatic hydroxyl groups is 1. The van der Waals surface area contributed by atoms with Crippen LogP contribution in [0.2, 0.25) is 0 Å². The fraction of sp³-hybridized carbons (Fsp3) is 0.526. The largest absolute Gasteiger partial charge is 0.507 e. The highest BCUT2D eigenvalue weighted by Gasteiger charge is 2.05. The van der Waals surface area contributed by atoms with Gasteiger partial charge < -0.3 is 9.84 Å². The first kappa shape index (κ1) is 20.2. The SMILES string of the molecule is C1=CCCC1.CC.COC(=O)CCCc1cccc(C)c1O. The number of hydrogen-bond acceptors (Lipinski definition) is 3. The molecule has 3 heteroatoms. The van der Waals surface area contributed by atoms with Gasteiger partial charge in [-0.15, -0.1) is 0 Å². The summed E-state index contributed by atoms with van der Waals surface area (Å²) in [4.78, 5) is 10.9. The Balaban J connectivity index is 0.000000522. The molecular formula is C19H30O3. The molecule has 1 aromatic rings. The van der Waals surface area contributed by atoms with Gasteiger partial charge in [0.05, 0.1) is 7.11 Å². The van der Waals surface area contributed by atoms with E-state index in [2.05, 4.69) is 16.9 Å². The fourth-order valence-corrected chi connectivity index (χ4v) is 2.04. The third kappa shape index (κ3) is 8.50. The summed E-state index contributed by atoms with van der Waals surface area (Å²) in [5.74, 6) is 0.129. The molecule has 0 saturated heterocycles. The van der Waals surface area contributed by atoms with Gasteiger partial charge in [-0.05, 0) is 50.2 Å². The standard InChI is InChI=1S/C12H16O3.C5H8.C2H6/c1-9-5-3-6-10(12(9)14)7-4-8-11(13)15-2;1-2-4-5-3-1;1-2/h3,5-6,14H,4,7-8H2,1-2H3;1-2H,3-5H2;1-2H3. The van der Waals surface area contributed by atoms with Gasteiger partial charge in [-0.2, -0.15) is 0 Å². The maximum atomic E-state index is 10.9. The van der Waals surface area contributed by atoms with Crippen LogP contribution >= 0.6 is 0 Å². The zero-order valence-corrected chi connectivity index (χ0v) is 14.4. The van der Waals surface area contributed by atoms with Crippen molar-refractivity contribution >= 4 is 5.97 Å². The van der Waals surface area contributed by atoms with Crippen molar-refractivity contribution in [2.24, 2.45) is 0 Å². The molecule has 2 rings (SSSR count).